The Kier molecular flexibility index (Phi) is 3.59. The number of benzene rings is 2. The highest BCUT2D eigenvalue weighted by Crippen LogP contribution is 2.29. The molecule has 20 heavy (non-hydrogen) atoms. The molecule has 0 aliphatic carbocycles. The van der Waals surface area contributed by atoms with E-state index in [0.717, 1.165) is 15.6 Å². The van der Waals surface area contributed by atoms with Crippen LogP contribution in [0.4, 0.5) is 4.39 Å². The van der Waals surface area contributed by atoms with Gasteiger partial charge >= 0.3 is 0 Å². The molecule has 0 unspecified atom stereocenters. The number of rotatable bonds is 2. The van der Waals surface area contributed by atoms with E-state index < -0.39 is 5.82 Å². The molecule has 0 aliphatic rings. The Morgan fingerprint density at radius 3 is 2.65 bits per heavy atom. The molecule has 0 fully saturated rings. The van der Waals surface area contributed by atoms with Crippen LogP contribution >= 0.6 is 27.5 Å². The van der Waals surface area contributed by atoms with Gasteiger partial charge in [0.2, 0.25) is 0 Å². The van der Waals surface area contributed by atoms with Crippen molar-refractivity contribution in [2.45, 2.75) is 0 Å². The number of nitrogens with zero attached hydrogens (tertiary/aromatic N) is 2. The maximum atomic E-state index is 13.9. The van der Waals surface area contributed by atoms with Crippen LogP contribution in [0.2, 0.25) is 5.02 Å². The number of hydrogen-bond acceptors (Lipinski definition) is 1. The van der Waals surface area contributed by atoms with Gasteiger partial charge in [-0.25, -0.2) is 9.07 Å². The van der Waals surface area contributed by atoms with E-state index in [1.807, 2.05) is 24.3 Å². The van der Waals surface area contributed by atoms with Gasteiger partial charge in [-0.3, -0.25) is 0 Å². The van der Waals surface area contributed by atoms with Gasteiger partial charge in [0.05, 0.1) is 11.2 Å². The van der Waals surface area contributed by atoms with Gasteiger partial charge in [-0.15, -0.1) is 0 Å². The summed E-state index contributed by atoms with van der Waals surface area (Å²) in [4.78, 5) is 0. The summed E-state index contributed by atoms with van der Waals surface area (Å²) in [7, 11) is 0. The van der Waals surface area contributed by atoms with Crippen molar-refractivity contribution in [3.63, 3.8) is 0 Å². The monoisotopic (exact) mass is 350 g/mol. The van der Waals surface area contributed by atoms with E-state index in [2.05, 4.69) is 21.0 Å². The lowest BCUT2D eigenvalue weighted by atomic mass is 10.1. The van der Waals surface area contributed by atoms with Crippen LogP contribution < -0.4 is 0 Å². The first-order valence-electron chi connectivity index (χ1n) is 5.91. The van der Waals surface area contributed by atoms with Crippen LogP contribution in [-0.4, -0.2) is 9.78 Å². The van der Waals surface area contributed by atoms with Gasteiger partial charge in [-0.1, -0.05) is 51.8 Å². The zero-order valence-corrected chi connectivity index (χ0v) is 12.6. The van der Waals surface area contributed by atoms with Crippen molar-refractivity contribution in [1.82, 2.24) is 9.78 Å². The lowest BCUT2D eigenvalue weighted by Crippen LogP contribution is -1.98. The summed E-state index contributed by atoms with van der Waals surface area (Å²) in [5.74, 6) is -0.403. The van der Waals surface area contributed by atoms with Crippen molar-refractivity contribution in [2.75, 3.05) is 0 Å². The Hall–Kier alpha value is -1.65. The molecule has 0 N–H and O–H groups in total. The SMILES string of the molecule is Fc1cccc(Cl)c1-n1cc(-c2ccccc2Br)cn1. The Morgan fingerprint density at radius 1 is 1.10 bits per heavy atom. The van der Waals surface area contributed by atoms with E-state index in [-0.39, 0.29) is 5.69 Å². The van der Waals surface area contributed by atoms with Gasteiger partial charge in [0.15, 0.2) is 0 Å². The summed E-state index contributed by atoms with van der Waals surface area (Å²) < 4.78 is 16.3. The average molecular weight is 352 g/mol. The molecule has 3 rings (SSSR count). The zero-order chi connectivity index (χ0) is 14.1. The minimum absolute atomic E-state index is 0.257. The third kappa shape index (κ3) is 2.37. The van der Waals surface area contributed by atoms with E-state index in [0.29, 0.717) is 5.02 Å². The first kappa shape index (κ1) is 13.3. The van der Waals surface area contributed by atoms with Crippen molar-refractivity contribution >= 4 is 27.5 Å². The first-order chi connectivity index (χ1) is 9.66. The topological polar surface area (TPSA) is 17.8 Å². The Morgan fingerprint density at radius 2 is 1.90 bits per heavy atom. The fourth-order valence-electron chi connectivity index (χ4n) is 1.99. The normalized spacial score (nSPS) is 10.8. The molecular weight excluding hydrogens is 343 g/mol. The summed E-state index contributed by atoms with van der Waals surface area (Å²) in [5.41, 5.74) is 2.13. The van der Waals surface area contributed by atoms with Crippen molar-refractivity contribution in [3.8, 4) is 16.8 Å². The summed E-state index contributed by atoms with van der Waals surface area (Å²) in [6, 6.07) is 12.4. The first-order valence-corrected chi connectivity index (χ1v) is 7.08. The van der Waals surface area contributed by atoms with Crippen LogP contribution in [0.1, 0.15) is 0 Å². The molecule has 3 aromatic rings. The van der Waals surface area contributed by atoms with Crippen LogP contribution in [0.5, 0.6) is 0 Å². The second kappa shape index (κ2) is 5.38. The molecule has 0 atom stereocenters. The van der Waals surface area contributed by atoms with Gasteiger partial charge in [-0.05, 0) is 23.8 Å². The summed E-state index contributed by atoms with van der Waals surface area (Å²) >= 11 is 9.53. The van der Waals surface area contributed by atoms with Gasteiger partial charge in [0, 0.05) is 16.2 Å². The van der Waals surface area contributed by atoms with Crippen LogP contribution in [0.3, 0.4) is 0 Å². The predicted octanol–water partition coefficient (Wildman–Crippen LogP) is 5.09. The molecular formula is C15H9BrClFN2. The third-order valence-electron chi connectivity index (χ3n) is 2.93. The zero-order valence-electron chi connectivity index (χ0n) is 10.2. The molecule has 0 saturated heterocycles. The highest BCUT2D eigenvalue weighted by Gasteiger charge is 2.12. The summed E-state index contributed by atoms with van der Waals surface area (Å²) in [6.45, 7) is 0. The lowest BCUT2D eigenvalue weighted by molar-refractivity contribution is 0.611. The Balaban J connectivity index is 2.10. The van der Waals surface area contributed by atoms with Crippen LogP contribution in [0, 0.1) is 5.82 Å². The molecule has 5 heteroatoms. The number of aromatic nitrogens is 2. The van der Waals surface area contributed by atoms with Gasteiger partial charge in [0.1, 0.15) is 11.5 Å². The molecule has 0 spiro atoms. The molecule has 0 bridgehead atoms. The summed E-state index contributed by atoms with van der Waals surface area (Å²) in [6.07, 6.45) is 3.44. The van der Waals surface area contributed by atoms with E-state index in [4.69, 9.17) is 11.6 Å². The Bertz CT molecular complexity index is 750. The minimum atomic E-state index is -0.403. The van der Waals surface area contributed by atoms with Gasteiger partial charge in [-0.2, -0.15) is 5.10 Å². The number of halogens is 3. The van der Waals surface area contributed by atoms with Crippen molar-refractivity contribution in [1.29, 1.82) is 0 Å². The van der Waals surface area contributed by atoms with E-state index in [9.17, 15) is 4.39 Å². The molecule has 1 aromatic heterocycles. The molecule has 0 aliphatic heterocycles. The lowest BCUT2D eigenvalue weighted by Gasteiger charge is -2.05. The van der Waals surface area contributed by atoms with Crippen molar-refractivity contribution in [2.24, 2.45) is 0 Å². The summed E-state index contributed by atoms with van der Waals surface area (Å²) in [5, 5.41) is 4.52. The van der Waals surface area contributed by atoms with Gasteiger partial charge in [0.25, 0.3) is 0 Å². The minimum Gasteiger partial charge on any atom is -0.236 e. The second-order valence-corrected chi connectivity index (χ2v) is 5.49. The van der Waals surface area contributed by atoms with Gasteiger partial charge < -0.3 is 0 Å². The molecule has 0 saturated carbocycles. The highest BCUT2D eigenvalue weighted by atomic mass is 79.9. The van der Waals surface area contributed by atoms with E-state index in [1.54, 1.807) is 24.5 Å². The number of para-hydroxylation sites is 1. The fourth-order valence-corrected chi connectivity index (χ4v) is 2.75. The van der Waals surface area contributed by atoms with Crippen LogP contribution in [0.15, 0.2) is 59.3 Å². The van der Waals surface area contributed by atoms with Crippen molar-refractivity contribution < 1.29 is 4.39 Å². The average Bonchev–Trinajstić information content (AvgIpc) is 2.88. The predicted molar refractivity (Wildman–Crippen MR) is 81.7 cm³/mol. The van der Waals surface area contributed by atoms with Crippen LogP contribution in [0.25, 0.3) is 16.8 Å². The molecule has 2 nitrogen and oxygen atoms in total. The smallest absolute Gasteiger partial charge is 0.150 e. The van der Waals surface area contributed by atoms with E-state index in [1.165, 1.54) is 10.7 Å². The molecule has 100 valence electrons. The maximum Gasteiger partial charge on any atom is 0.150 e. The number of hydrogen-bond donors (Lipinski definition) is 0. The Labute approximate surface area is 128 Å². The fraction of sp³-hybridized carbons (Fsp3) is 0. The maximum absolute atomic E-state index is 13.9. The largest absolute Gasteiger partial charge is 0.236 e. The van der Waals surface area contributed by atoms with E-state index >= 15 is 0 Å². The quantitative estimate of drug-likeness (QED) is 0.628. The highest BCUT2D eigenvalue weighted by molar-refractivity contribution is 9.10. The third-order valence-corrected chi connectivity index (χ3v) is 3.93. The second-order valence-electron chi connectivity index (χ2n) is 4.22. The molecule has 2 aromatic carbocycles. The standard InChI is InChI=1S/C15H9BrClFN2/c16-12-5-2-1-4-11(12)10-8-19-20(9-10)15-13(17)6-3-7-14(15)18/h1-9H. The molecule has 0 radical (unpaired) electrons. The van der Waals surface area contributed by atoms with Crippen molar-refractivity contribution in [3.05, 3.63) is 70.2 Å². The van der Waals surface area contributed by atoms with Crippen LogP contribution in [-0.2, 0) is 0 Å². The molecule has 0 amide bonds. The molecule has 1 heterocycles.